The molecule has 3 aromatic carbocycles. The van der Waals surface area contributed by atoms with Gasteiger partial charge >= 0.3 is 12.1 Å². The van der Waals surface area contributed by atoms with Gasteiger partial charge < -0.3 is 24.9 Å². The lowest BCUT2D eigenvalue weighted by Crippen LogP contribution is -2.42. The summed E-state index contributed by atoms with van der Waals surface area (Å²) in [4.78, 5) is 26.7. The van der Waals surface area contributed by atoms with Crippen molar-refractivity contribution in [1.82, 2.24) is 10.3 Å². The van der Waals surface area contributed by atoms with Crippen LogP contribution in [0.15, 0.2) is 85.1 Å². The highest BCUT2D eigenvalue weighted by atomic mass is 16.5. The maximum absolute atomic E-state index is 12.1. The molecule has 0 saturated heterocycles. The van der Waals surface area contributed by atoms with Crippen LogP contribution in [0, 0.1) is 0 Å². The lowest BCUT2D eigenvalue weighted by molar-refractivity contribution is -0.139. The standard InChI is InChI=1S/C26H24N2O5/c29-25(30)24(14-18-4-2-1-3-5-18)28-26(31)33-17-20-8-6-19(7-9-20)16-32-22-10-11-23-21(15-22)12-13-27-23/h1-13,15,24,27H,14,16-17H2,(H,28,31)(H,29,30)/t24-/m1/s1. The predicted octanol–water partition coefficient (Wildman–Crippen LogP) is 4.67. The summed E-state index contributed by atoms with van der Waals surface area (Å²) in [6.45, 7) is 0.451. The van der Waals surface area contributed by atoms with Gasteiger partial charge in [-0.1, -0.05) is 54.6 Å². The van der Waals surface area contributed by atoms with Gasteiger partial charge in [0.2, 0.25) is 0 Å². The Morgan fingerprint density at radius 2 is 1.61 bits per heavy atom. The number of rotatable bonds is 9. The van der Waals surface area contributed by atoms with E-state index in [2.05, 4.69) is 10.3 Å². The summed E-state index contributed by atoms with van der Waals surface area (Å²) in [5.74, 6) is -0.328. The van der Waals surface area contributed by atoms with Crippen molar-refractivity contribution in [3.05, 3.63) is 102 Å². The van der Waals surface area contributed by atoms with Crippen LogP contribution in [0.4, 0.5) is 4.79 Å². The molecule has 0 bridgehead atoms. The number of aliphatic carboxylic acids is 1. The van der Waals surface area contributed by atoms with Gasteiger partial charge in [0.15, 0.2) is 0 Å². The Bertz CT molecular complexity index is 1220. The lowest BCUT2D eigenvalue weighted by Gasteiger charge is -2.15. The van der Waals surface area contributed by atoms with Crippen LogP contribution >= 0.6 is 0 Å². The molecule has 33 heavy (non-hydrogen) atoms. The van der Waals surface area contributed by atoms with Gasteiger partial charge in [0.05, 0.1) is 0 Å². The van der Waals surface area contributed by atoms with Crippen molar-refractivity contribution in [3.8, 4) is 5.75 Å². The Morgan fingerprint density at radius 1 is 0.879 bits per heavy atom. The topological polar surface area (TPSA) is 101 Å². The minimum atomic E-state index is -1.11. The van der Waals surface area contributed by atoms with Crippen LogP contribution in [-0.2, 0) is 29.2 Å². The van der Waals surface area contributed by atoms with Crippen LogP contribution < -0.4 is 10.1 Å². The van der Waals surface area contributed by atoms with Gasteiger partial charge in [-0.3, -0.25) is 0 Å². The average Bonchev–Trinajstić information content (AvgIpc) is 3.30. The van der Waals surface area contributed by atoms with E-state index in [1.165, 1.54) is 0 Å². The summed E-state index contributed by atoms with van der Waals surface area (Å²) in [6.07, 6.45) is 1.29. The minimum absolute atomic E-state index is 0.0365. The maximum atomic E-state index is 12.1. The normalized spacial score (nSPS) is 11.6. The summed E-state index contributed by atoms with van der Waals surface area (Å²) in [5.41, 5.74) is 3.64. The number of carboxylic acids is 1. The van der Waals surface area contributed by atoms with E-state index >= 15 is 0 Å². The molecule has 0 fully saturated rings. The second-order valence-electron chi connectivity index (χ2n) is 7.63. The number of amides is 1. The molecule has 0 aliphatic carbocycles. The van der Waals surface area contributed by atoms with E-state index in [4.69, 9.17) is 9.47 Å². The average molecular weight is 444 g/mol. The molecule has 0 aliphatic rings. The van der Waals surface area contributed by atoms with Crippen LogP contribution in [0.25, 0.3) is 10.9 Å². The summed E-state index contributed by atoms with van der Waals surface area (Å²) >= 11 is 0. The van der Waals surface area contributed by atoms with Crippen LogP contribution in [0.5, 0.6) is 5.75 Å². The van der Waals surface area contributed by atoms with Crippen molar-refractivity contribution in [3.63, 3.8) is 0 Å². The number of hydrogen-bond acceptors (Lipinski definition) is 4. The van der Waals surface area contributed by atoms with E-state index in [0.717, 1.165) is 33.3 Å². The molecule has 0 unspecified atom stereocenters. The summed E-state index contributed by atoms with van der Waals surface area (Å²) in [5, 5.41) is 12.9. The molecule has 7 nitrogen and oxygen atoms in total. The number of ether oxygens (including phenoxy) is 2. The number of aromatic nitrogens is 1. The fourth-order valence-corrected chi connectivity index (χ4v) is 3.40. The first-order valence-electron chi connectivity index (χ1n) is 10.5. The Balaban J connectivity index is 1.25. The van der Waals surface area contributed by atoms with E-state index < -0.39 is 18.1 Å². The molecular weight excluding hydrogens is 420 g/mol. The van der Waals surface area contributed by atoms with Crippen molar-refractivity contribution in [2.45, 2.75) is 25.7 Å². The molecule has 0 saturated carbocycles. The fourth-order valence-electron chi connectivity index (χ4n) is 3.40. The number of alkyl carbamates (subject to hydrolysis) is 1. The van der Waals surface area contributed by atoms with Crippen molar-refractivity contribution in [2.24, 2.45) is 0 Å². The number of carboxylic acid groups (broad SMARTS) is 1. The molecule has 168 valence electrons. The number of aromatic amines is 1. The van der Waals surface area contributed by atoms with Gasteiger partial charge in [0.1, 0.15) is 25.0 Å². The summed E-state index contributed by atoms with van der Waals surface area (Å²) in [6, 6.07) is 23.4. The smallest absolute Gasteiger partial charge is 0.408 e. The Hall–Kier alpha value is -4.26. The number of hydrogen-bond donors (Lipinski definition) is 3. The molecule has 4 rings (SSSR count). The Kier molecular flexibility index (Phi) is 6.90. The second kappa shape index (κ2) is 10.4. The molecule has 3 N–H and O–H groups in total. The minimum Gasteiger partial charge on any atom is -0.489 e. The highest BCUT2D eigenvalue weighted by Gasteiger charge is 2.21. The molecule has 1 amide bonds. The number of carbonyl (C=O) groups excluding carboxylic acids is 1. The van der Waals surface area contributed by atoms with Crippen molar-refractivity contribution >= 4 is 23.0 Å². The second-order valence-corrected chi connectivity index (χ2v) is 7.63. The zero-order valence-corrected chi connectivity index (χ0v) is 17.9. The third-order valence-electron chi connectivity index (χ3n) is 5.20. The third-order valence-corrected chi connectivity index (χ3v) is 5.20. The van der Waals surface area contributed by atoms with E-state index in [-0.39, 0.29) is 13.0 Å². The van der Waals surface area contributed by atoms with Crippen molar-refractivity contribution < 1.29 is 24.2 Å². The monoisotopic (exact) mass is 444 g/mol. The molecule has 4 aromatic rings. The summed E-state index contributed by atoms with van der Waals surface area (Å²) < 4.78 is 11.1. The molecule has 1 heterocycles. The number of carbonyl (C=O) groups is 2. The zero-order valence-electron chi connectivity index (χ0n) is 17.9. The molecular formula is C26H24N2O5. The molecule has 0 spiro atoms. The molecule has 1 aromatic heterocycles. The third kappa shape index (κ3) is 6.13. The highest BCUT2D eigenvalue weighted by molar-refractivity contribution is 5.81. The van der Waals surface area contributed by atoms with E-state index in [1.807, 2.05) is 85.1 Å². The Morgan fingerprint density at radius 3 is 2.33 bits per heavy atom. The molecule has 7 heteroatoms. The molecule has 0 aliphatic heterocycles. The van der Waals surface area contributed by atoms with Gasteiger partial charge in [-0.2, -0.15) is 0 Å². The Labute approximate surface area is 191 Å². The van der Waals surface area contributed by atoms with Gasteiger partial charge in [-0.05, 0) is 41.0 Å². The van der Waals surface area contributed by atoms with Crippen molar-refractivity contribution in [1.29, 1.82) is 0 Å². The van der Waals surface area contributed by atoms with Crippen LogP contribution in [0.1, 0.15) is 16.7 Å². The van der Waals surface area contributed by atoms with Gasteiger partial charge in [0.25, 0.3) is 0 Å². The van der Waals surface area contributed by atoms with Crippen LogP contribution in [-0.4, -0.2) is 28.2 Å². The first kappa shape index (κ1) is 22.0. The molecule has 1 atom stereocenters. The zero-order chi connectivity index (χ0) is 23.0. The largest absolute Gasteiger partial charge is 0.489 e. The van der Waals surface area contributed by atoms with E-state index in [9.17, 15) is 14.7 Å². The van der Waals surface area contributed by atoms with Gasteiger partial charge in [0, 0.05) is 23.5 Å². The lowest BCUT2D eigenvalue weighted by atomic mass is 10.1. The van der Waals surface area contributed by atoms with Gasteiger partial charge in [-0.15, -0.1) is 0 Å². The molecule has 0 radical (unpaired) electrons. The number of H-pyrrole nitrogens is 1. The predicted molar refractivity (Wildman–Crippen MR) is 124 cm³/mol. The number of nitrogens with one attached hydrogen (secondary N) is 2. The summed E-state index contributed by atoms with van der Waals surface area (Å²) in [7, 11) is 0. The quantitative estimate of drug-likeness (QED) is 0.348. The van der Waals surface area contributed by atoms with Crippen LogP contribution in [0.3, 0.4) is 0 Å². The maximum Gasteiger partial charge on any atom is 0.408 e. The SMILES string of the molecule is O=C(N[C@H](Cc1ccccc1)C(=O)O)OCc1ccc(COc2ccc3[nH]ccc3c2)cc1. The first-order chi connectivity index (χ1) is 16.1. The number of benzene rings is 3. The van der Waals surface area contributed by atoms with E-state index in [0.29, 0.717) is 6.61 Å². The highest BCUT2D eigenvalue weighted by Crippen LogP contribution is 2.20. The van der Waals surface area contributed by atoms with Gasteiger partial charge in [-0.25, -0.2) is 9.59 Å². The van der Waals surface area contributed by atoms with E-state index in [1.54, 1.807) is 0 Å². The fraction of sp³-hybridized carbons (Fsp3) is 0.154. The first-order valence-corrected chi connectivity index (χ1v) is 10.5. The van der Waals surface area contributed by atoms with Crippen molar-refractivity contribution in [2.75, 3.05) is 0 Å². The number of fused-ring (bicyclic) bond motifs is 1. The van der Waals surface area contributed by atoms with Crippen LogP contribution in [0.2, 0.25) is 0 Å².